The maximum atomic E-state index is 14.5. The van der Waals surface area contributed by atoms with Gasteiger partial charge in [0.15, 0.2) is 17.4 Å². The molecule has 0 N–H and O–H groups in total. The van der Waals surface area contributed by atoms with E-state index in [1.165, 1.54) is 62.5 Å². The Hall–Kier alpha value is -2.75. The van der Waals surface area contributed by atoms with Crippen molar-refractivity contribution in [3.05, 3.63) is 77.4 Å². The molecule has 36 heavy (non-hydrogen) atoms. The van der Waals surface area contributed by atoms with Crippen molar-refractivity contribution in [1.82, 2.24) is 9.97 Å². The molecule has 0 radical (unpaired) electrons. The number of benzene rings is 2. The fraction of sp³-hybridized carbons (Fsp3) is 0.500. The van der Waals surface area contributed by atoms with E-state index in [2.05, 4.69) is 48.1 Å². The van der Waals surface area contributed by atoms with Crippen molar-refractivity contribution in [1.29, 1.82) is 0 Å². The molecule has 194 valence electrons. The summed E-state index contributed by atoms with van der Waals surface area (Å²) in [6.45, 7) is 5.03. The zero-order chi connectivity index (χ0) is 25.4. The third-order valence-electron chi connectivity index (χ3n) is 6.69. The highest BCUT2D eigenvalue weighted by molar-refractivity contribution is 5.55. The third kappa shape index (κ3) is 9.72. The number of unbranched alkanes of at least 4 members (excludes halogenated alkanes) is 8. The van der Waals surface area contributed by atoms with Crippen molar-refractivity contribution in [3.8, 4) is 17.1 Å². The molecule has 0 saturated heterocycles. The molecule has 3 aromatic rings. The first-order chi connectivity index (χ1) is 17.7. The van der Waals surface area contributed by atoms with E-state index in [0.717, 1.165) is 49.1 Å². The van der Waals surface area contributed by atoms with Crippen LogP contribution in [-0.2, 0) is 19.3 Å². The summed E-state index contributed by atoms with van der Waals surface area (Å²) in [5.41, 5.74) is 4.44. The van der Waals surface area contributed by atoms with Crippen LogP contribution in [0.25, 0.3) is 11.4 Å². The van der Waals surface area contributed by atoms with Crippen LogP contribution in [0.1, 0.15) is 94.7 Å². The van der Waals surface area contributed by atoms with E-state index in [4.69, 9.17) is 4.74 Å². The third-order valence-corrected chi connectivity index (χ3v) is 6.69. The molecular formula is C32H43FN2O. The van der Waals surface area contributed by atoms with Gasteiger partial charge in [0.25, 0.3) is 0 Å². The first kappa shape index (κ1) is 27.8. The van der Waals surface area contributed by atoms with Crippen LogP contribution in [0, 0.1) is 5.82 Å². The van der Waals surface area contributed by atoms with Gasteiger partial charge in [-0.25, -0.2) is 14.4 Å². The van der Waals surface area contributed by atoms with Crippen molar-refractivity contribution < 1.29 is 9.13 Å². The quantitative estimate of drug-likeness (QED) is 0.177. The smallest absolute Gasteiger partial charge is 0.165 e. The minimum absolute atomic E-state index is 0.266. The summed E-state index contributed by atoms with van der Waals surface area (Å²) in [4.78, 5) is 9.16. The molecule has 0 fully saturated rings. The number of nitrogens with zero attached hydrogens (tertiary/aromatic N) is 2. The number of aromatic nitrogens is 2. The highest BCUT2D eigenvalue weighted by atomic mass is 19.1. The highest BCUT2D eigenvalue weighted by Gasteiger charge is 2.07. The molecule has 0 saturated carbocycles. The summed E-state index contributed by atoms with van der Waals surface area (Å²) < 4.78 is 20.1. The first-order valence-corrected chi connectivity index (χ1v) is 14.0. The SMILES string of the molecule is CCCCCCCOc1ccc(CCc2ccc(-c3ncc(CCCCCCC)cn3)cc2)cc1F. The Morgan fingerprint density at radius 2 is 1.25 bits per heavy atom. The lowest BCUT2D eigenvalue weighted by atomic mass is 10.0. The lowest BCUT2D eigenvalue weighted by Crippen LogP contribution is -2.00. The van der Waals surface area contributed by atoms with Crippen LogP contribution in [0.5, 0.6) is 5.75 Å². The average Bonchev–Trinajstić information content (AvgIpc) is 2.91. The van der Waals surface area contributed by atoms with E-state index in [0.29, 0.717) is 12.4 Å². The maximum absolute atomic E-state index is 14.5. The molecule has 0 aliphatic heterocycles. The summed E-state index contributed by atoms with van der Waals surface area (Å²) in [5, 5.41) is 0. The molecule has 3 rings (SSSR count). The molecule has 3 nitrogen and oxygen atoms in total. The van der Waals surface area contributed by atoms with Crippen LogP contribution in [-0.4, -0.2) is 16.6 Å². The summed E-state index contributed by atoms with van der Waals surface area (Å²) in [5.74, 6) is 0.860. The molecular weight excluding hydrogens is 447 g/mol. The van der Waals surface area contributed by atoms with Crippen molar-refractivity contribution in [3.63, 3.8) is 0 Å². The van der Waals surface area contributed by atoms with Gasteiger partial charge in [0.05, 0.1) is 6.61 Å². The zero-order valence-electron chi connectivity index (χ0n) is 22.3. The van der Waals surface area contributed by atoms with Gasteiger partial charge in [0.2, 0.25) is 0 Å². The van der Waals surface area contributed by atoms with Crippen LogP contribution in [0.4, 0.5) is 4.39 Å². The van der Waals surface area contributed by atoms with E-state index in [-0.39, 0.29) is 5.82 Å². The Bertz CT molecular complexity index is 1000. The Kier molecular flexibility index (Phi) is 12.4. The van der Waals surface area contributed by atoms with E-state index >= 15 is 0 Å². The van der Waals surface area contributed by atoms with Crippen molar-refractivity contribution in [2.24, 2.45) is 0 Å². The predicted octanol–water partition coefficient (Wildman–Crippen LogP) is 8.93. The van der Waals surface area contributed by atoms with Crippen LogP contribution in [0.15, 0.2) is 54.9 Å². The average molecular weight is 491 g/mol. The number of aryl methyl sites for hydroxylation is 3. The predicted molar refractivity (Wildman–Crippen MR) is 148 cm³/mol. The Labute approximate surface area is 217 Å². The van der Waals surface area contributed by atoms with Crippen molar-refractivity contribution >= 4 is 0 Å². The number of halogens is 1. The molecule has 0 bridgehead atoms. The Morgan fingerprint density at radius 1 is 0.639 bits per heavy atom. The Morgan fingerprint density at radius 3 is 1.92 bits per heavy atom. The van der Waals surface area contributed by atoms with Gasteiger partial charge in [-0.05, 0) is 60.9 Å². The second-order valence-electron chi connectivity index (χ2n) is 9.80. The molecule has 0 amide bonds. The standard InChI is InChI=1S/C32H43FN2O/c1-3-5-7-9-11-13-28-24-34-32(35-25-28)29-19-16-26(17-20-29)14-15-27-18-21-31(30(33)23-27)36-22-12-10-8-6-4-2/h16-21,23-25H,3-15,22H2,1-2H3. The number of hydrogen-bond acceptors (Lipinski definition) is 3. The van der Waals surface area contributed by atoms with Gasteiger partial charge in [-0.15, -0.1) is 0 Å². The Balaban J connectivity index is 1.43. The minimum Gasteiger partial charge on any atom is -0.491 e. The fourth-order valence-corrected chi connectivity index (χ4v) is 4.38. The van der Waals surface area contributed by atoms with Crippen LogP contribution < -0.4 is 4.74 Å². The number of hydrogen-bond donors (Lipinski definition) is 0. The van der Waals surface area contributed by atoms with Crippen molar-refractivity contribution in [2.75, 3.05) is 6.61 Å². The topological polar surface area (TPSA) is 35.0 Å². The molecule has 0 spiro atoms. The number of ether oxygens (including phenoxy) is 1. The van der Waals surface area contributed by atoms with Gasteiger partial charge in [-0.3, -0.25) is 0 Å². The first-order valence-electron chi connectivity index (χ1n) is 14.0. The van der Waals surface area contributed by atoms with E-state index in [9.17, 15) is 4.39 Å². The summed E-state index contributed by atoms with van der Waals surface area (Å²) in [7, 11) is 0. The van der Waals surface area contributed by atoms with E-state index in [1.807, 2.05) is 18.5 Å². The van der Waals surface area contributed by atoms with E-state index in [1.54, 1.807) is 12.1 Å². The monoisotopic (exact) mass is 490 g/mol. The van der Waals surface area contributed by atoms with Crippen LogP contribution in [0.2, 0.25) is 0 Å². The molecule has 4 heteroatoms. The number of rotatable bonds is 17. The summed E-state index contributed by atoms with van der Waals surface area (Å²) in [6.07, 6.45) is 18.8. The molecule has 1 aromatic heterocycles. The molecule has 0 aliphatic rings. The lowest BCUT2D eigenvalue weighted by Gasteiger charge is -2.09. The fourth-order valence-electron chi connectivity index (χ4n) is 4.38. The van der Waals surface area contributed by atoms with Gasteiger partial charge in [-0.2, -0.15) is 0 Å². The van der Waals surface area contributed by atoms with E-state index < -0.39 is 0 Å². The summed E-state index contributed by atoms with van der Waals surface area (Å²) in [6, 6.07) is 13.7. The molecule has 0 unspecified atom stereocenters. The van der Waals surface area contributed by atoms with Crippen molar-refractivity contribution in [2.45, 2.75) is 97.3 Å². The largest absolute Gasteiger partial charge is 0.491 e. The second kappa shape index (κ2) is 16.1. The van der Waals surface area contributed by atoms with Gasteiger partial charge in [0.1, 0.15) is 0 Å². The molecule has 0 atom stereocenters. The van der Waals surface area contributed by atoms with Gasteiger partial charge in [0, 0.05) is 18.0 Å². The van der Waals surface area contributed by atoms with Gasteiger partial charge >= 0.3 is 0 Å². The molecule has 0 aliphatic carbocycles. The lowest BCUT2D eigenvalue weighted by molar-refractivity contribution is 0.290. The highest BCUT2D eigenvalue weighted by Crippen LogP contribution is 2.21. The normalized spacial score (nSPS) is 11.1. The minimum atomic E-state index is -0.266. The molecule has 1 heterocycles. The summed E-state index contributed by atoms with van der Waals surface area (Å²) >= 11 is 0. The zero-order valence-corrected chi connectivity index (χ0v) is 22.3. The van der Waals surface area contributed by atoms with Gasteiger partial charge in [-0.1, -0.05) is 95.5 Å². The van der Waals surface area contributed by atoms with Crippen LogP contribution in [0.3, 0.4) is 0 Å². The second-order valence-corrected chi connectivity index (χ2v) is 9.80. The maximum Gasteiger partial charge on any atom is 0.165 e. The van der Waals surface area contributed by atoms with Crippen LogP contribution >= 0.6 is 0 Å². The molecule has 2 aromatic carbocycles. The van der Waals surface area contributed by atoms with Gasteiger partial charge < -0.3 is 4.74 Å².